The van der Waals surface area contributed by atoms with Gasteiger partial charge in [-0.15, -0.1) is 0 Å². The molecule has 0 fully saturated rings. The third kappa shape index (κ3) is 4.90. The van der Waals surface area contributed by atoms with Gasteiger partial charge in [-0.3, -0.25) is 4.90 Å². The molecular weight excluding hydrogens is 160 g/mol. The van der Waals surface area contributed by atoms with Crippen LogP contribution in [-0.4, -0.2) is 24.0 Å². The highest BCUT2D eigenvalue weighted by atomic mass is 15.1. The number of hydrogen-bond acceptors (Lipinski definition) is 2. The summed E-state index contributed by atoms with van der Waals surface area (Å²) in [5.41, 5.74) is 0. The van der Waals surface area contributed by atoms with Gasteiger partial charge in [0.25, 0.3) is 0 Å². The molecule has 0 radical (unpaired) electrons. The predicted octanol–water partition coefficient (Wildman–Crippen LogP) is 2.65. The van der Waals surface area contributed by atoms with Gasteiger partial charge in [0.2, 0.25) is 0 Å². The summed E-state index contributed by atoms with van der Waals surface area (Å²) in [6.45, 7) is 8.81. The summed E-state index contributed by atoms with van der Waals surface area (Å²) >= 11 is 0. The molecule has 76 valence electrons. The van der Waals surface area contributed by atoms with Crippen molar-refractivity contribution in [2.24, 2.45) is 5.92 Å². The van der Waals surface area contributed by atoms with E-state index in [4.69, 9.17) is 5.26 Å². The Morgan fingerprint density at radius 1 is 1.15 bits per heavy atom. The predicted molar refractivity (Wildman–Crippen MR) is 56.4 cm³/mol. The summed E-state index contributed by atoms with van der Waals surface area (Å²) < 4.78 is 0. The highest BCUT2D eigenvalue weighted by molar-refractivity contribution is 4.80. The van der Waals surface area contributed by atoms with Crippen LogP contribution in [0.3, 0.4) is 0 Å². The largest absolute Gasteiger partial charge is 0.300 e. The second kappa shape index (κ2) is 5.99. The second-order valence-corrected chi connectivity index (χ2v) is 4.36. The van der Waals surface area contributed by atoms with Gasteiger partial charge in [-0.25, -0.2) is 0 Å². The number of nitrogens with zero attached hydrogens (tertiary/aromatic N) is 2. The zero-order chi connectivity index (χ0) is 10.4. The van der Waals surface area contributed by atoms with Crippen LogP contribution in [0, 0.1) is 17.2 Å². The maximum atomic E-state index is 8.57. The van der Waals surface area contributed by atoms with Crippen LogP contribution in [0.5, 0.6) is 0 Å². The molecule has 2 unspecified atom stereocenters. The van der Waals surface area contributed by atoms with E-state index < -0.39 is 0 Å². The second-order valence-electron chi connectivity index (χ2n) is 4.36. The van der Waals surface area contributed by atoms with Gasteiger partial charge in [0.05, 0.1) is 12.5 Å². The molecule has 2 nitrogen and oxygen atoms in total. The molecule has 0 spiro atoms. The molecule has 0 heterocycles. The molecule has 0 aromatic rings. The fourth-order valence-electron chi connectivity index (χ4n) is 1.56. The van der Waals surface area contributed by atoms with Crippen LogP contribution in [0.25, 0.3) is 0 Å². The Kier molecular flexibility index (Phi) is 5.73. The van der Waals surface area contributed by atoms with Crippen molar-refractivity contribution < 1.29 is 0 Å². The first-order valence-electron chi connectivity index (χ1n) is 5.07. The third-order valence-corrected chi connectivity index (χ3v) is 2.59. The van der Waals surface area contributed by atoms with Gasteiger partial charge < -0.3 is 0 Å². The molecule has 2 heteroatoms. The molecule has 0 aliphatic carbocycles. The molecule has 0 N–H and O–H groups in total. The van der Waals surface area contributed by atoms with Gasteiger partial charge in [0, 0.05) is 12.1 Å². The Morgan fingerprint density at radius 3 is 2.08 bits per heavy atom. The molecule has 0 aromatic heterocycles. The fourth-order valence-corrected chi connectivity index (χ4v) is 1.56. The van der Waals surface area contributed by atoms with Crippen molar-refractivity contribution in [2.45, 2.75) is 52.6 Å². The van der Waals surface area contributed by atoms with Crippen LogP contribution in [0.1, 0.15) is 40.5 Å². The van der Waals surface area contributed by atoms with E-state index in [9.17, 15) is 0 Å². The molecule has 0 aliphatic rings. The van der Waals surface area contributed by atoms with E-state index in [1.54, 1.807) is 0 Å². The molecular formula is C11H22N2. The van der Waals surface area contributed by atoms with Crippen molar-refractivity contribution in [1.82, 2.24) is 4.90 Å². The summed E-state index contributed by atoms with van der Waals surface area (Å²) in [4.78, 5) is 2.29. The number of nitriles is 1. The smallest absolute Gasteiger partial charge is 0.0638 e. The maximum absolute atomic E-state index is 8.57. The van der Waals surface area contributed by atoms with Crippen molar-refractivity contribution in [2.75, 3.05) is 7.05 Å². The van der Waals surface area contributed by atoms with Gasteiger partial charge in [-0.2, -0.15) is 5.26 Å². The summed E-state index contributed by atoms with van der Waals surface area (Å²) in [5.74, 6) is 0.728. The Bertz CT molecular complexity index is 169. The molecule has 0 aromatic carbocycles. The Labute approximate surface area is 82.5 Å². The zero-order valence-corrected chi connectivity index (χ0v) is 9.54. The molecule has 2 atom stereocenters. The molecule has 0 rings (SSSR count). The molecule has 13 heavy (non-hydrogen) atoms. The number of hydrogen-bond donors (Lipinski definition) is 0. The van der Waals surface area contributed by atoms with Gasteiger partial charge >= 0.3 is 0 Å². The first kappa shape index (κ1) is 12.4. The Morgan fingerprint density at radius 2 is 1.69 bits per heavy atom. The van der Waals surface area contributed by atoms with Crippen LogP contribution in [0.15, 0.2) is 0 Å². The van der Waals surface area contributed by atoms with Crippen molar-refractivity contribution in [3.63, 3.8) is 0 Å². The first-order chi connectivity index (χ1) is 5.99. The third-order valence-electron chi connectivity index (χ3n) is 2.59. The van der Waals surface area contributed by atoms with Crippen molar-refractivity contribution in [3.8, 4) is 6.07 Å². The summed E-state index contributed by atoms with van der Waals surface area (Å²) in [7, 11) is 2.11. The van der Waals surface area contributed by atoms with E-state index in [0.717, 1.165) is 5.92 Å². The van der Waals surface area contributed by atoms with E-state index in [-0.39, 0.29) is 0 Å². The topological polar surface area (TPSA) is 27.0 Å². The summed E-state index contributed by atoms with van der Waals surface area (Å²) in [6, 6.07) is 3.16. The van der Waals surface area contributed by atoms with Crippen molar-refractivity contribution >= 4 is 0 Å². The minimum atomic E-state index is 0.374. The zero-order valence-electron chi connectivity index (χ0n) is 9.54. The van der Waals surface area contributed by atoms with Crippen LogP contribution in [0.4, 0.5) is 0 Å². The monoisotopic (exact) mass is 182 g/mol. The number of rotatable bonds is 5. The summed E-state index contributed by atoms with van der Waals surface area (Å²) in [6.07, 6.45) is 1.82. The molecule has 0 aliphatic heterocycles. The van der Waals surface area contributed by atoms with E-state index in [0.29, 0.717) is 18.5 Å². The Hall–Kier alpha value is -0.550. The lowest BCUT2D eigenvalue weighted by molar-refractivity contribution is 0.177. The lowest BCUT2D eigenvalue weighted by atomic mass is 10.0. The molecule has 0 saturated heterocycles. The molecule has 0 bridgehead atoms. The van der Waals surface area contributed by atoms with Gasteiger partial charge in [0.15, 0.2) is 0 Å². The Balaban J connectivity index is 3.94. The lowest BCUT2D eigenvalue weighted by Crippen LogP contribution is -2.37. The maximum Gasteiger partial charge on any atom is 0.0638 e. The minimum Gasteiger partial charge on any atom is -0.300 e. The summed E-state index contributed by atoms with van der Waals surface area (Å²) in [5, 5.41) is 8.57. The fraction of sp³-hybridized carbons (Fsp3) is 0.909. The minimum absolute atomic E-state index is 0.374. The van der Waals surface area contributed by atoms with E-state index >= 15 is 0 Å². The quantitative estimate of drug-likeness (QED) is 0.653. The van der Waals surface area contributed by atoms with Gasteiger partial charge in [-0.05, 0) is 33.2 Å². The lowest BCUT2D eigenvalue weighted by Gasteiger charge is -2.30. The van der Waals surface area contributed by atoms with Crippen LogP contribution >= 0.6 is 0 Å². The average Bonchev–Trinajstić information content (AvgIpc) is 2.02. The van der Waals surface area contributed by atoms with Crippen molar-refractivity contribution in [1.29, 1.82) is 5.26 Å². The van der Waals surface area contributed by atoms with Gasteiger partial charge in [0.1, 0.15) is 0 Å². The van der Waals surface area contributed by atoms with Crippen LogP contribution in [-0.2, 0) is 0 Å². The standard InChI is InChI=1S/C11H22N2/c1-9(2)8-11(4)13(5)10(3)6-7-12/h9-11H,6,8H2,1-5H3. The van der Waals surface area contributed by atoms with Crippen LogP contribution < -0.4 is 0 Å². The highest BCUT2D eigenvalue weighted by Crippen LogP contribution is 2.13. The average molecular weight is 182 g/mol. The normalized spacial score (nSPS) is 15.8. The SMILES string of the molecule is CC(C)CC(C)N(C)C(C)CC#N. The van der Waals surface area contributed by atoms with E-state index in [2.05, 4.69) is 45.7 Å². The van der Waals surface area contributed by atoms with Gasteiger partial charge in [-0.1, -0.05) is 13.8 Å². The van der Waals surface area contributed by atoms with Crippen molar-refractivity contribution in [3.05, 3.63) is 0 Å². The van der Waals surface area contributed by atoms with Crippen LogP contribution in [0.2, 0.25) is 0 Å². The van der Waals surface area contributed by atoms with E-state index in [1.165, 1.54) is 6.42 Å². The first-order valence-corrected chi connectivity index (χ1v) is 5.07. The van der Waals surface area contributed by atoms with E-state index in [1.807, 2.05) is 0 Å². The molecule has 0 amide bonds. The highest BCUT2D eigenvalue weighted by Gasteiger charge is 2.15. The molecule has 0 saturated carbocycles.